The van der Waals surface area contributed by atoms with Crippen LogP contribution in [0.4, 0.5) is 0 Å². The molecular weight excluding hydrogens is 254 g/mol. The van der Waals surface area contributed by atoms with E-state index in [4.69, 9.17) is 9.94 Å². The van der Waals surface area contributed by atoms with Gasteiger partial charge >= 0.3 is 5.97 Å². The van der Waals surface area contributed by atoms with Crippen molar-refractivity contribution in [1.29, 1.82) is 0 Å². The molecular formula is C11H15N3O5. The van der Waals surface area contributed by atoms with Gasteiger partial charge in [-0.25, -0.2) is 4.79 Å². The molecule has 1 unspecified atom stereocenters. The number of carbonyl (C=O) groups excluding carboxylic acids is 2. The van der Waals surface area contributed by atoms with E-state index in [1.807, 2.05) is 0 Å². The first-order valence-electron chi connectivity index (χ1n) is 5.98. The van der Waals surface area contributed by atoms with Crippen molar-refractivity contribution in [3.8, 4) is 0 Å². The maximum atomic E-state index is 12.1. The zero-order chi connectivity index (χ0) is 14.0. The smallest absolute Gasteiger partial charge is 0.353 e. The monoisotopic (exact) mass is 269 g/mol. The molecule has 0 saturated carbocycles. The molecule has 0 aromatic heterocycles. The van der Waals surface area contributed by atoms with Crippen molar-refractivity contribution in [3.63, 3.8) is 0 Å². The molecule has 2 aliphatic rings. The molecule has 0 aromatic carbocycles. The summed E-state index contributed by atoms with van der Waals surface area (Å²) in [5.74, 6) is -1.71. The zero-order valence-electron chi connectivity index (χ0n) is 10.5. The van der Waals surface area contributed by atoms with E-state index < -0.39 is 12.1 Å². The second-order valence-electron chi connectivity index (χ2n) is 4.57. The third kappa shape index (κ3) is 2.83. The van der Waals surface area contributed by atoms with Crippen molar-refractivity contribution < 1.29 is 24.3 Å². The number of likely N-dealkylation sites (N-methyl/N-ethyl adjacent to an activating group) is 1. The summed E-state index contributed by atoms with van der Waals surface area (Å²) in [7, 11) is 1.69. The van der Waals surface area contributed by atoms with Crippen LogP contribution in [-0.4, -0.2) is 71.2 Å². The molecule has 104 valence electrons. The molecule has 0 aliphatic carbocycles. The number of hydrogen-bond acceptors (Lipinski definition) is 5. The van der Waals surface area contributed by atoms with Crippen molar-refractivity contribution in [3.05, 3.63) is 0 Å². The first kappa shape index (κ1) is 13.3. The average molecular weight is 269 g/mol. The van der Waals surface area contributed by atoms with E-state index in [0.717, 1.165) is 0 Å². The van der Waals surface area contributed by atoms with Gasteiger partial charge in [-0.2, -0.15) is 0 Å². The fraction of sp³-hybridized carbons (Fsp3) is 0.636. The Bertz CT molecular complexity index is 448. The van der Waals surface area contributed by atoms with Gasteiger partial charge in [-0.05, 0) is 6.42 Å². The van der Waals surface area contributed by atoms with Crippen LogP contribution in [0.5, 0.6) is 0 Å². The van der Waals surface area contributed by atoms with E-state index in [0.29, 0.717) is 19.5 Å². The topological polar surface area (TPSA) is 99.5 Å². The molecule has 1 fully saturated rings. The average Bonchev–Trinajstić information content (AvgIpc) is 2.79. The summed E-state index contributed by atoms with van der Waals surface area (Å²) < 4.78 is 0. The quantitative estimate of drug-likeness (QED) is 0.686. The summed E-state index contributed by atoms with van der Waals surface area (Å²) in [5.41, 5.74) is -0.170. The standard InChI is InChI=1S/C11H15N3O5/c1-13-3-2-4-14(6-9(13)15)10(16)8-5-7(11(17)18)12-19-8/h8H,2-6H2,1H3,(H,17,18). The zero-order valence-corrected chi connectivity index (χ0v) is 10.5. The van der Waals surface area contributed by atoms with E-state index in [9.17, 15) is 14.4 Å². The van der Waals surface area contributed by atoms with Crippen LogP contribution in [0, 0.1) is 0 Å². The Hall–Kier alpha value is -2.12. The number of oxime groups is 1. The van der Waals surface area contributed by atoms with Gasteiger partial charge in [0, 0.05) is 26.6 Å². The predicted molar refractivity (Wildman–Crippen MR) is 63.4 cm³/mol. The Kier molecular flexibility index (Phi) is 3.68. The van der Waals surface area contributed by atoms with Crippen LogP contribution in [0.15, 0.2) is 5.16 Å². The highest BCUT2D eigenvalue weighted by atomic mass is 16.6. The van der Waals surface area contributed by atoms with Gasteiger partial charge in [-0.1, -0.05) is 5.16 Å². The minimum Gasteiger partial charge on any atom is -0.477 e. The van der Waals surface area contributed by atoms with Crippen LogP contribution in [0.3, 0.4) is 0 Å². The summed E-state index contributed by atoms with van der Waals surface area (Å²) in [5, 5.41) is 12.1. The highest BCUT2D eigenvalue weighted by Crippen LogP contribution is 2.15. The third-order valence-corrected chi connectivity index (χ3v) is 3.18. The summed E-state index contributed by atoms with van der Waals surface area (Å²) in [6, 6.07) is 0. The molecule has 0 aromatic rings. The number of carboxylic acid groups (broad SMARTS) is 1. The van der Waals surface area contributed by atoms with Gasteiger partial charge in [-0.15, -0.1) is 0 Å². The van der Waals surface area contributed by atoms with Gasteiger partial charge in [0.2, 0.25) is 12.0 Å². The number of amides is 2. The van der Waals surface area contributed by atoms with E-state index >= 15 is 0 Å². The van der Waals surface area contributed by atoms with Crippen molar-refractivity contribution in [1.82, 2.24) is 9.80 Å². The fourth-order valence-electron chi connectivity index (χ4n) is 2.01. The molecule has 2 amide bonds. The van der Waals surface area contributed by atoms with E-state index in [1.54, 1.807) is 11.9 Å². The second-order valence-corrected chi connectivity index (χ2v) is 4.57. The number of aliphatic carboxylic acids is 1. The van der Waals surface area contributed by atoms with E-state index in [2.05, 4.69) is 5.16 Å². The van der Waals surface area contributed by atoms with Crippen molar-refractivity contribution in [2.24, 2.45) is 5.16 Å². The first-order chi connectivity index (χ1) is 8.99. The van der Waals surface area contributed by atoms with Crippen molar-refractivity contribution in [2.45, 2.75) is 18.9 Å². The van der Waals surface area contributed by atoms with Gasteiger partial charge < -0.3 is 19.7 Å². The fourth-order valence-corrected chi connectivity index (χ4v) is 2.01. The summed E-state index contributed by atoms with van der Waals surface area (Å²) in [4.78, 5) is 42.3. The lowest BCUT2D eigenvalue weighted by Gasteiger charge is -2.21. The van der Waals surface area contributed by atoms with Gasteiger partial charge in [0.1, 0.15) is 0 Å². The SMILES string of the molecule is CN1CCCN(C(=O)C2CC(C(=O)O)=NO2)CC1=O. The van der Waals surface area contributed by atoms with Crippen LogP contribution >= 0.6 is 0 Å². The van der Waals surface area contributed by atoms with Gasteiger partial charge in [0.25, 0.3) is 5.91 Å². The molecule has 2 rings (SSSR count). The lowest BCUT2D eigenvalue weighted by Crippen LogP contribution is -2.43. The summed E-state index contributed by atoms with van der Waals surface area (Å²) in [6.45, 7) is 1.06. The van der Waals surface area contributed by atoms with E-state index in [1.165, 1.54) is 4.90 Å². The second kappa shape index (κ2) is 5.25. The minimum absolute atomic E-state index is 0.00238. The van der Waals surface area contributed by atoms with E-state index in [-0.39, 0.29) is 30.5 Å². The van der Waals surface area contributed by atoms with Crippen LogP contribution in [0.1, 0.15) is 12.8 Å². The van der Waals surface area contributed by atoms with Crippen molar-refractivity contribution in [2.75, 3.05) is 26.7 Å². The number of carbonyl (C=O) groups is 3. The van der Waals surface area contributed by atoms with Gasteiger partial charge in [0.15, 0.2) is 5.71 Å². The van der Waals surface area contributed by atoms with Crippen LogP contribution in [-0.2, 0) is 19.2 Å². The van der Waals surface area contributed by atoms with Gasteiger partial charge in [-0.3, -0.25) is 9.59 Å². The summed E-state index contributed by atoms with van der Waals surface area (Å²) in [6.07, 6.45) is -0.301. The summed E-state index contributed by atoms with van der Waals surface area (Å²) >= 11 is 0. The largest absolute Gasteiger partial charge is 0.477 e. The number of carboxylic acids is 1. The number of hydrogen-bond donors (Lipinski definition) is 1. The number of rotatable bonds is 2. The molecule has 8 nitrogen and oxygen atoms in total. The molecule has 1 atom stereocenters. The number of nitrogens with zero attached hydrogens (tertiary/aromatic N) is 3. The Morgan fingerprint density at radius 1 is 1.42 bits per heavy atom. The van der Waals surface area contributed by atoms with Crippen LogP contribution in [0.2, 0.25) is 0 Å². The molecule has 0 bridgehead atoms. The maximum absolute atomic E-state index is 12.1. The highest BCUT2D eigenvalue weighted by Gasteiger charge is 2.35. The normalized spacial score (nSPS) is 23.7. The molecule has 1 N–H and O–H groups in total. The Labute approximate surface area is 109 Å². The Morgan fingerprint density at radius 3 is 2.79 bits per heavy atom. The van der Waals surface area contributed by atoms with Crippen LogP contribution in [0.25, 0.3) is 0 Å². The molecule has 2 aliphatic heterocycles. The lowest BCUT2D eigenvalue weighted by molar-refractivity contribution is -0.145. The molecule has 2 heterocycles. The molecule has 0 radical (unpaired) electrons. The molecule has 8 heteroatoms. The van der Waals surface area contributed by atoms with Crippen LogP contribution < -0.4 is 0 Å². The lowest BCUT2D eigenvalue weighted by atomic mass is 10.1. The first-order valence-corrected chi connectivity index (χ1v) is 5.98. The van der Waals surface area contributed by atoms with Gasteiger partial charge in [0.05, 0.1) is 6.54 Å². The highest BCUT2D eigenvalue weighted by molar-refractivity contribution is 6.36. The van der Waals surface area contributed by atoms with Crippen molar-refractivity contribution >= 4 is 23.5 Å². The third-order valence-electron chi connectivity index (χ3n) is 3.18. The molecule has 19 heavy (non-hydrogen) atoms. The molecule has 0 spiro atoms. The Morgan fingerprint density at radius 2 is 2.16 bits per heavy atom. The maximum Gasteiger partial charge on any atom is 0.353 e. The Balaban J connectivity index is 1.97. The molecule has 1 saturated heterocycles. The predicted octanol–water partition coefficient (Wildman–Crippen LogP) is -1.09. The minimum atomic E-state index is -1.19.